The monoisotopic (exact) mass is 196 g/mol. The molecule has 0 aromatic carbocycles. The van der Waals surface area contributed by atoms with Crippen LogP contribution in [0, 0.1) is 11.8 Å². The number of carboxylic acid groups (broad SMARTS) is 1. The molecule has 0 aliphatic rings. The quantitative estimate of drug-likeness (QED) is 0.500. The van der Waals surface area contributed by atoms with Crippen LogP contribution in [0.4, 0.5) is 0 Å². The fraction of sp³-hybridized carbons (Fsp3) is 0.636. The fourth-order valence-electron chi connectivity index (χ4n) is 1.03. The Balaban J connectivity index is 3.34. The SMILES string of the molecule is CC#CCCCCC(=O)CCC(=O)O. The van der Waals surface area contributed by atoms with E-state index in [-0.39, 0.29) is 18.6 Å². The van der Waals surface area contributed by atoms with Gasteiger partial charge in [0.25, 0.3) is 0 Å². The van der Waals surface area contributed by atoms with E-state index < -0.39 is 5.97 Å². The van der Waals surface area contributed by atoms with E-state index >= 15 is 0 Å². The summed E-state index contributed by atoms with van der Waals surface area (Å²) >= 11 is 0. The van der Waals surface area contributed by atoms with Gasteiger partial charge in [0.15, 0.2) is 0 Å². The van der Waals surface area contributed by atoms with Crippen LogP contribution in [-0.4, -0.2) is 16.9 Å². The minimum atomic E-state index is -0.907. The Morgan fingerprint density at radius 2 is 1.86 bits per heavy atom. The maximum Gasteiger partial charge on any atom is 0.303 e. The third-order valence-electron chi connectivity index (χ3n) is 1.80. The molecular formula is C11H16O3. The Bertz CT molecular complexity index is 245. The minimum Gasteiger partial charge on any atom is -0.481 e. The topological polar surface area (TPSA) is 54.4 Å². The first-order valence-corrected chi connectivity index (χ1v) is 4.80. The van der Waals surface area contributed by atoms with Gasteiger partial charge in [-0.25, -0.2) is 0 Å². The van der Waals surface area contributed by atoms with Crippen LogP contribution in [0.5, 0.6) is 0 Å². The summed E-state index contributed by atoms with van der Waals surface area (Å²) in [6.45, 7) is 1.79. The lowest BCUT2D eigenvalue weighted by molar-refractivity contribution is -0.138. The number of unbranched alkanes of at least 4 members (excludes halogenated alkanes) is 2. The van der Waals surface area contributed by atoms with E-state index in [1.807, 2.05) is 0 Å². The van der Waals surface area contributed by atoms with Gasteiger partial charge in [-0.2, -0.15) is 0 Å². The molecule has 0 aliphatic carbocycles. The lowest BCUT2D eigenvalue weighted by Gasteiger charge is -1.97. The van der Waals surface area contributed by atoms with Crippen molar-refractivity contribution >= 4 is 11.8 Å². The summed E-state index contributed by atoms with van der Waals surface area (Å²) in [6, 6.07) is 0. The second-order valence-electron chi connectivity index (χ2n) is 3.07. The number of Topliss-reactive ketones (excluding diaryl/α,β-unsaturated/α-hetero) is 1. The molecule has 3 nitrogen and oxygen atoms in total. The standard InChI is InChI=1S/C11H16O3/c1-2-3-4-5-6-7-10(12)8-9-11(13)14/h4-9H2,1H3,(H,13,14). The van der Waals surface area contributed by atoms with Gasteiger partial charge in [0.05, 0.1) is 6.42 Å². The van der Waals surface area contributed by atoms with Crippen molar-refractivity contribution in [2.75, 3.05) is 0 Å². The lowest BCUT2D eigenvalue weighted by atomic mass is 10.1. The molecule has 0 fully saturated rings. The third kappa shape index (κ3) is 8.79. The minimum absolute atomic E-state index is 0.0388. The van der Waals surface area contributed by atoms with Gasteiger partial charge in [0.1, 0.15) is 5.78 Å². The van der Waals surface area contributed by atoms with Gasteiger partial charge in [-0.05, 0) is 19.8 Å². The van der Waals surface area contributed by atoms with Crippen molar-refractivity contribution in [3.05, 3.63) is 0 Å². The van der Waals surface area contributed by atoms with E-state index in [2.05, 4.69) is 11.8 Å². The first-order valence-electron chi connectivity index (χ1n) is 4.80. The van der Waals surface area contributed by atoms with Gasteiger partial charge < -0.3 is 5.11 Å². The molecule has 0 spiro atoms. The van der Waals surface area contributed by atoms with E-state index in [0.717, 1.165) is 19.3 Å². The van der Waals surface area contributed by atoms with Crippen LogP contribution < -0.4 is 0 Å². The average Bonchev–Trinajstić information content (AvgIpc) is 2.14. The van der Waals surface area contributed by atoms with E-state index in [1.165, 1.54) is 0 Å². The van der Waals surface area contributed by atoms with E-state index in [9.17, 15) is 9.59 Å². The zero-order valence-corrected chi connectivity index (χ0v) is 8.51. The first-order chi connectivity index (χ1) is 6.66. The maximum atomic E-state index is 11.1. The Hall–Kier alpha value is -1.30. The molecule has 0 amide bonds. The maximum absolute atomic E-state index is 11.1. The Labute approximate surface area is 84.5 Å². The molecule has 0 heterocycles. The summed E-state index contributed by atoms with van der Waals surface area (Å²) in [7, 11) is 0. The second kappa shape index (κ2) is 8.31. The summed E-state index contributed by atoms with van der Waals surface area (Å²) in [4.78, 5) is 21.2. The second-order valence-corrected chi connectivity index (χ2v) is 3.07. The zero-order valence-electron chi connectivity index (χ0n) is 8.51. The summed E-state index contributed by atoms with van der Waals surface area (Å²) in [5, 5.41) is 8.33. The molecule has 1 N–H and O–H groups in total. The van der Waals surface area contributed by atoms with Crippen molar-refractivity contribution in [3.63, 3.8) is 0 Å². The van der Waals surface area contributed by atoms with Crippen LogP contribution in [0.1, 0.15) is 45.4 Å². The number of rotatable bonds is 7. The van der Waals surface area contributed by atoms with Crippen molar-refractivity contribution in [2.45, 2.75) is 45.4 Å². The third-order valence-corrected chi connectivity index (χ3v) is 1.80. The van der Waals surface area contributed by atoms with Crippen LogP contribution >= 0.6 is 0 Å². The predicted molar refractivity (Wildman–Crippen MR) is 53.8 cm³/mol. The molecule has 0 radical (unpaired) electrons. The Morgan fingerprint density at radius 1 is 1.14 bits per heavy atom. The summed E-state index contributed by atoms with van der Waals surface area (Å²) in [6.07, 6.45) is 3.15. The number of aliphatic carboxylic acids is 1. The Kier molecular flexibility index (Phi) is 7.53. The van der Waals surface area contributed by atoms with Crippen molar-refractivity contribution in [1.29, 1.82) is 0 Å². The van der Waals surface area contributed by atoms with Crippen LogP contribution in [-0.2, 0) is 9.59 Å². The molecular weight excluding hydrogens is 180 g/mol. The number of carbonyl (C=O) groups is 2. The van der Waals surface area contributed by atoms with Crippen LogP contribution in [0.3, 0.4) is 0 Å². The van der Waals surface area contributed by atoms with Crippen molar-refractivity contribution < 1.29 is 14.7 Å². The van der Waals surface area contributed by atoms with Gasteiger partial charge in [0.2, 0.25) is 0 Å². The number of hydrogen-bond acceptors (Lipinski definition) is 2. The van der Waals surface area contributed by atoms with Gasteiger partial charge >= 0.3 is 5.97 Å². The van der Waals surface area contributed by atoms with Crippen molar-refractivity contribution in [2.24, 2.45) is 0 Å². The number of carboxylic acids is 1. The largest absolute Gasteiger partial charge is 0.481 e. The Morgan fingerprint density at radius 3 is 2.43 bits per heavy atom. The molecule has 0 rings (SSSR count). The van der Waals surface area contributed by atoms with E-state index in [4.69, 9.17) is 5.11 Å². The van der Waals surface area contributed by atoms with Gasteiger partial charge in [-0.15, -0.1) is 11.8 Å². The fourth-order valence-corrected chi connectivity index (χ4v) is 1.03. The molecule has 0 atom stereocenters. The molecule has 0 unspecified atom stereocenters. The normalized spacial score (nSPS) is 8.93. The van der Waals surface area contributed by atoms with Gasteiger partial charge in [0, 0.05) is 19.3 Å². The smallest absolute Gasteiger partial charge is 0.303 e. The van der Waals surface area contributed by atoms with Crippen LogP contribution in [0.15, 0.2) is 0 Å². The van der Waals surface area contributed by atoms with Crippen molar-refractivity contribution in [1.82, 2.24) is 0 Å². The highest BCUT2D eigenvalue weighted by Gasteiger charge is 2.04. The summed E-state index contributed by atoms with van der Waals surface area (Å²) < 4.78 is 0. The molecule has 0 aromatic heterocycles. The van der Waals surface area contributed by atoms with Crippen LogP contribution in [0.25, 0.3) is 0 Å². The number of hydrogen-bond donors (Lipinski definition) is 1. The van der Waals surface area contributed by atoms with Gasteiger partial charge in [-0.3, -0.25) is 9.59 Å². The number of ketones is 1. The summed E-state index contributed by atoms with van der Waals surface area (Å²) in [5.74, 6) is 4.83. The van der Waals surface area contributed by atoms with E-state index in [0.29, 0.717) is 6.42 Å². The molecule has 0 saturated heterocycles. The molecule has 78 valence electrons. The highest BCUT2D eigenvalue weighted by atomic mass is 16.4. The molecule has 0 bridgehead atoms. The number of carbonyl (C=O) groups excluding carboxylic acids is 1. The average molecular weight is 196 g/mol. The lowest BCUT2D eigenvalue weighted by Crippen LogP contribution is -2.02. The summed E-state index contributed by atoms with van der Waals surface area (Å²) in [5.41, 5.74) is 0. The zero-order chi connectivity index (χ0) is 10.8. The molecule has 0 aromatic rings. The molecule has 14 heavy (non-hydrogen) atoms. The highest BCUT2D eigenvalue weighted by molar-refractivity contribution is 5.82. The highest BCUT2D eigenvalue weighted by Crippen LogP contribution is 2.03. The van der Waals surface area contributed by atoms with Crippen molar-refractivity contribution in [3.8, 4) is 11.8 Å². The molecule has 0 aliphatic heterocycles. The molecule has 0 saturated carbocycles. The van der Waals surface area contributed by atoms with Gasteiger partial charge in [-0.1, -0.05) is 0 Å². The van der Waals surface area contributed by atoms with E-state index in [1.54, 1.807) is 6.92 Å². The first kappa shape index (κ1) is 12.7. The predicted octanol–water partition coefficient (Wildman–Crippen LogP) is 2.00. The van der Waals surface area contributed by atoms with Crippen LogP contribution in [0.2, 0.25) is 0 Å². The molecule has 3 heteroatoms.